The summed E-state index contributed by atoms with van der Waals surface area (Å²) < 4.78 is 10.5. The molecule has 4 aliphatic rings. The second kappa shape index (κ2) is 7.51. The molecule has 1 aromatic heterocycles. The number of ether oxygens (including phenoxy) is 1. The minimum absolute atomic E-state index is 0.0699. The van der Waals surface area contributed by atoms with E-state index in [0.29, 0.717) is 32.1 Å². The molecule has 4 fully saturated rings. The summed E-state index contributed by atoms with van der Waals surface area (Å²) in [5, 5.41) is 24.0. The van der Waals surface area contributed by atoms with Gasteiger partial charge in [-0.2, -0.15) is 0 Å². The fourth-order valence-electron chi connectivity index (χ4n) is 8.57. The Labute approximate surface area is 193 Å². The first-order chi connectivity index (χ1) is 15.6. The Kier molecular flexibility index (Phi) is 5.18. The smallest absolute Gasteiger partial charge is 0.335 e. The van der Waals surface area contributed by atoms with Crippen LogP contribution in [0.25, 0.3) is 0 Å². The second-order valence-corrected chi connectivity index (χ2v) is 11.3. The highest BCUT2D eigenvalue weighted by Crippen LogP contribution is 2.71. The number of hydrogen-bond acceptors (Lipinski definition) is 7. The van der Waals surface area contributed by atoms with Crippen LogP contribution in [0.2, 0.25) is 0 Å². The number of carbonyl (C=O) groups is 2. The molecular weight excluding hydrogens is 424 g/mol. The van der Waals surface area contributed by atoms with Crippen LogP contribution in [-0.2, 0) is 14.3 Å². The monoisotopic (exact) mass is 458 g/mol. The first kappa shape index (κ1) is 22.8. The molecule has 4 aliphatic carbocycles. The summed E-state index contributed by atoms with van der Waals surface area (Å²) in [4.78, 5) is 35.7. The van der Waals surface area contributed by atoms with E-state index >= 15 is 0 Å². The molecule has 1 heterocycles. The second-order valence-electron chi connectivity index (χ2n) is 11.3. The summed E-state index contributed by atoms with van der Waals surface area (Å²) in [7, 11) is 0. The van der Waals surface area contributed by atoms with Gasteiger partial charge in [0, 0.05) is 24.8 Å². The first-order valence-electron chi connectivity index (χ1n) is 12.3. The standard InChI is InChI=1S/C26H34O7/c1-16(28)33-18-5-10-24(15-27)20-6-9-23(2)19(17-3-4-22(29)32-14-17)8-12-26(23,31)21(20)7-11-25(24,30)13-18/h3-4,14-15,18-21,30-31H,5-13H2,1-2H3. The van der Waals surface area contributed by atoms with Crippen LogP contribution in [0.4, 0.5) is 0 Å². The van der Waals surface area contributed by atoms with Gasteiger partial charge in [-0.3, -0.25) is 4.79 Å². The maximum Gasteiger partial charge on any atom is 0.335 e. The van der Waals surface area contributed by atoms with Crippen molar-refractivity contribution in [2.45, 2.75) is 94.9 Å². The lowest BCUT2D eigenvalue weighted by Crippen LogP contribution is -2.68. The highest BCUT2D eigenvalue weighted by atomic mass is 16.5. The fraction of sp³-hybridized carbons (Fsp3) is 0.731. The van der Waals surface area contributed by atoms with E-state index in [1.165, 1.54) is 19.3 Å². The average Bonchev–Trinajstić information content (AvgIpc) is 3.04. The number of aliphatic hydroxyl groups is 2. The van der Waals surface area contributed by atoms with Gasteiger partial charge in [0.05, 0.1) is 22.9 Å². The van der Waals surface area contributed by atoms with E-state index in [4.69, 9.17) is 9.15 Å². The third kappa shape index (κ3) is 3.04. The number of carbonyl (C=O) groups excluding carboxylic acids is 2. The predicted octanol–water partition coefficient (Wildman–Crippen LogP) is 3.11. The molecule has 33 heavy (non-hydrogen) atoms. The molecule has 2 N–H and O–H groups in total. The summed E-state index contributed by atoms with van der Waals surface area (Å²) in [5.74, 6) is -0.502. The Morgan fingerprint density at radius 1 is 1.09 bits per heavy atom. The Morgan fingerprint density at radius 2 is 1.85 bits per heavy atom. The number of aldehydes is 1. The van der Waals surface area contributed by atoms with Gasteiger partial charge in [0.15, 0.2) is 0 Å². The van der Waals surface area contributed by atoms with Crippen molar-refractivity contribution < 1.29 is 29.0 Å². The molecular formula is C26H34O7. The maximum absolute atomic E-state index is 12.7. The molecule has 4 saturated carbocycles. The van der Waals surface area contributed by atoms with Crippen LogP contribution in [0.1, 0.15) is 83.1 Å². The van der Waals surface area contributed by atoms with Crippen LogP contribution in [0.5, 0.6) is 0 Å². The summed E-state index contributed by atoms with van der Waals surface area (Å²) in [6, 6.07) is 3.24. The van der Waals surface area contributed by atoms with Gasteiger partial charge in [-0.05, 0) is 80.8 Å². The topological polar surface area (TPSA) is 114 Å². The van der Waals surface area contributed by atoms with Crippen molar-refractivity contribution in [3.8, 4) is 0 Å². The van der Waals surface area contributed by atoms with E-state index in [-0.39, 0.29) is 41.9 Å². The summed E-state index contributed by atoms with van der Waals surface area (Å²) in [6.07, 6.45) is 7.32. The zero-order valence-electron chi connectivity index (χ0n) is 19.4. The van der Waals surface area contributed by atoms with E-state index in [2.05, 4.69) is 6.92 Å². The molecule has 7 nitrogen and oxygen atoms in total. The highest BCUT2D eigenvalue weighted by molar-refractivity contribution is 5.67. The number of rotatable bonds is 3. The van der Waals surface area contributed by atoms with Crippen molar-refractivity contribution >= 4 is 12.3 Å². The Morgan fingerprint density at radius 3 is 2.52 bits per heavy atom. The average molecular weight is 459 g/mol. The minimum Gasteiger partial charge on any atom is -0.462 e. The third-order valence-corrected chi connectivity index (χ3v) is 10.2. The van der Waals surface area contributed by atoms with E-state index in [1.807, 2.05) is 6.07 Å². The van der Waals surface area contributed by atoms with Crippen molar-refractivity contribution in [2.75, 3.05) is 0 Å². The van der Waals surface area contributed by atoms with Gasteiger partial charge in [-0.25, -0.2) is 4.79 Å². The molecule has 8 unspecified atom stereocenters. The van der Waals surface area contributed by atoms with Crippen molar-refractivity contribution in [1.29, 1.82) is 0 Å². The van der Waals surface area contributed by atoms with Crippen LogP contribution < -0.4 is 5.63 Å². The normalized spacial score (nSPS) is 46.5. The zero-order valence-corrected chi connectivity index (χ0v) is 19.4. The lowest BCUT2D eigenvalue weighted by molar-refractivity contribution is -0.248. The van der Waals surface area contributed by atoms with Crippen LogP contribution in [0.15, 0.2) is 27.6 Å². The molecule has 0 spiro atoms. The molecule has 0 aromatic carbocycles. The van der Waals surface area contributed by atoms with Crippen molar-refractivity contribution in [2.24, 2.45) is 22.7 Å². The zero-order chi connectivity index (χ0) is 23.6. The molecule has 8 atom stereocenters. The van der Waals surface area contributed by atoms with Crippen molar-refractivity contribution in [1.82, 2.24) is 0 Å². The van der Waals surface area contributed by atoms with Crippen LogP contribution in [0.3, 0.4) is 0 Å². The summed E-state index contributed by atoms with van der Waals surface area (Å²) in [6.45, 7) is 3.51. The van der Waals surface area contributed by atoms with Gasteiger partial charge in [-0.1, -0.05) is 6.92 Å². The van der Waals surface area contributed by atoms with Gasteiger partial charge in [0.1, 0.15) is 12.4 Å². The van der Waals surface area contributed by atoms with Gasteiger partial charge in [-0.15, -0.1) is 0 Å². The number of hydrogen-bond donors (Lipinski definition) is 2. The molecule has 5 rings (SSSR count). The number of esters is 1. The molecule has 0 amide bonds. The molecule has 1 aromatic rings. The summed E-state index contributed by atoms with van der Waals surface area (Å²) >= 11 is 0. The van der Waals surface area contributed by atoms with Crippen LogP contribution >= 0.6 is 0 Å². The van der Waals surface area contributed by atoms with Gasteiger partial charge in [0.2, 0.25) is 0 Å². The molecule has 0 radical (unpaired) electrons. The lowest BCUT2D eigenvalue weighted by Gasteiger charge is -2.65. The van der Waals surface area contributed by atoms with E-state index in [0.717, 1.165) is 31.1 Å². The Hall–Kier alpha value is -1.99. The van der Waals surface area contributed by atoms with Crippen molar-refractivity contribution in [3.05, 3.63) is 34.4 Å². The molecule has 0 aliphatic heterocycles. The Bertz CT molecular complexity index is 998. The number of fused-ring (bicyclic) bond motifs is 5. The fourth-order valence-corrected chi connectivity index (χ4v) is 8.57. The van der Waals surface area contributed by atoms with Gasteiger partial charge >= 0.3 is 11.6 Å². The van der Waals surface area contributed by atoms with E-state index < -0.39 is 22.0 Å². The maximum atomic E-state index is 12.7. The lowest BCUT2D eigenvalue weighted by atomic mass is 9.41. The van der Waals surface area contributed by atoms with Gasteiger partial charge < -0.3 is 24.2 Å². The van der Waals surface area contributed by atoms with E-state index in [9.17, 15) is 24.6 Å². The van der Waals surface area contributed by atoms with E-state index in [1.54, 1.807) is 0 Å². The van der Waals surface area contributed by atoms with Gasteiger partial charge in [0.25, 0.3) is 0 Å². The van der Waals surface area contributed by atoms with Crippen molar-refractivity contribution in [3.63, 3.8) is 0 Å². The minimum atomic E-state index is -1.22. The molecule has 0 bridgehead atoms. The molecule has 7 heteroatoms. The SMILES string of the molecule is CC(=O)OC1CCC2(C=O)C3CCC4(C)C(c5ccc(=O)oc5)CCC4(O)C3CCC2(O)C1. The summed E-state index contributed by atoms with van der Waals surface area (Å²) in [5.41, 5.74) is -2.96. The third-order valence-electron chi connectivity index (χ3n) is 10.2. The van der Waals surface area contributed by atoms with Crippen LogP contribution in [-0.4, -0.2) is 39.8 Å². The molecule has 180 valence electrons. The highest BCUT2D eigenvalue weighted by Gasteiger charge is 2.71. The molecule has 0 saturated heterocycles. The van der Waals surface area contributed by atoms with Crippen LogP contribution in [0, 0.1) is 22.7 Å². The Balaban J connectivity index is 1.47. The quantitative estimate of drug-likeness (QED) is 0.528. The predicted molar refractivity (Wildman–Crippen MR) is 118 cm³/mol. The first-order valence-corrected chi connectivity index (χ1v) is 12.3. The largest absolute Gasteiger partial charge is 0.462 e.